The first-order valence-corrected chi connectivity index (χ1v) is 13.1. The molecule has 218 valence electrons. The van der Waals surface area contributed by atoms with Gasteiger partial charge >= 0.3 is 6.09 Å². The molecular formula is C27H39Cl3N4O5. The number of halogens is 3. The number of aliphatic hydroxyl groups is 1. The highest BCUT2D eigenvalue weighted by atomic mass is 35.5. The van der Waals surface area contributed by atoms with Crippen LogP contribution in [0.25, 0.3) is 0 Å². The van der Waals surface area contributed by atoms with Crippen molar-refractivity contribution in [1.29, 1.82) is 0 Å². The molecule has 0 aromatic heterocycles. The molecule has 0 saturated carbocycles. The third kappa shape index (κ3) is 5.00. The van der Waals surface area contributed by atoms with E-state index in [0.29, 0.717) is 30.5 Å². The van der Waals surface area contributed by atoms with Crippen LogP contribution in [0.5, 0.6) is 11.5 Å². The van der Waals surface area contributed by atoms with Gasteiger partial charge in [-0.1, -0.05) is 18.2 Å². The molecule has 2 fully saturated rings. The minimum atomic E-state index is -0.714. The third-order valence-corrected chi connectivity index (χ3v) is 8.68. The van der Waals surface area contributed by atoms with Crippen LogP contribution in [0.4, 0.5) is 4.79 Å². The fraction of sp³-hybridized carbons (Fsp3) is 0.630. The Labute approximate surface area is 248 Å². The molecule has 2 amide bonds. The maximum absolute atomic E-state index is 13.3. The van der Waals surface area contributed by atoms with Gasteiger partial charge in [0.25, 0.3) is 5.91 Å². The van der Waals surface area contributed by atoms with E-state index in [2.05, 4.69) is 28.9 Å². The lowest BCUT2D eigenvalue weighted by Gasteiger charge is -2.56. The zero-order chi connectivity index (χ0) is 25.4. The summed E-state index contributed by atoms with van der Waals surface area (Å²) in [6.45, 7) is 7.24. The summed E-state index contributed by atoms with van der Waals surface area (Å²) in [4.78, 5) is 30.0. The Hall–Kier alpha value is -1.75. The van der Waals surface area contributed by atoms with Crippen LogP contribution >= 0.6 is 37.2 Å². The summed E-state index contributed by atoms with van der Waals surface area (Å²) in [7, 11) is 2.17. The third-order valence-electron chi connectivity index (χ3n) is 8.68. The molecule has 39 heavy (non-hydrogen) atoms. The topological polar surface area (TPSA) is 103 Å². The van der Waals surface area contributed by atoms with Crippen LogP contribution in [0.3, 0.4) is 0 Å². The largest absolute Gasteiger partial charge is 0.482 e. The second-order valence-corrected chi connectivity index (χ2v) is 12.0. The Morgan fingerprint density at radius 1 is 1.15 bits per heavy atom. The minimum Gasteiger partial charge on any atom is -0.482 e. The van der Waals surface area contributed by atoms with Gasteiger partial charge in [0.2, 0.25) is 0 Å². The van der Waals surface area contributed by atoms with Crippen molar-refractivity contribution in [3.63, 3.8) is 0 Å². The van der Waals surface area contributed by atoms with Crippen molar-refractivity contribution < 1.29 is 24.2 Å². The molecule has 12 heteroatoms. The van der Waals surface area contributed by atoms with Crippen molar-refractivity contribution in [3.8, 4) is 11.5 Å². The SMILES string of the molecule is CN1CC[C@]23c4c5ccc(OC(=O)N6CCC[C@H]6C(=O)NNC(C)(C)C)c4O[C@H]2[C@@H](O)C=CC3C1C5.Cl.Cl.Cl. The summed E-state index contributed by atoms with van der Waals surface area (Å²) in [5.74, 6) is 0.942. The number of likely N-dealkylation sites (tertiary alicyclic amines) is 2. The zero-order valence-corrected chi connectivity index (χ0v) is 25.1. The van der Waals surface area contributed by atoms with Crippen LogP contribution < -0.4 is 20.3 Å². The standard InChI is InChI=1S/C27H36N4O5.3ClH/c1-26(2,3)29-28-24(33)17-6-5-12-31(17)25(34)35-20-10-7-15-14-18-16-8-9-19(32)23-27(16,11-13-30(18)4)21(15)22(20)36-23;;;/h7-10,16-19,23,29,32H,5-6,11-14H2,1-4H3,(H,28,33);3*1H/t16?,17-,18?,19-,23-,27-;;;/m0.../s1. The summed E-state index contributed by atoms with van der Waals surface area (Å²) >= 11 is 0. The van der Waals surface area contributed by atoms with Gasteiger partial charge in [-0.05, 0) is 71.7 Å². The molecule has 6 rings (SSSR count). The van der Waals surface area contributed by atoms with Crippen molar-refractivity contribution in [1.82, 2.24) is 20.7 Å². The van der Waals surface area contributed by atoms with Gasteiger partial charge in [-0.15, -0.1) is 37.2 Å². The summed E-state index contributed by atoms with van der Waals surface area (Å²) in [5.41, 5.74) is 7.42. The molecular weight excluding hydrogens is 567 g/mol. The quantitative estimate of drug-likeness (QED) is 0.359. The molecule has 0 radical (unpaired) electrons. The molecule has 3 aliphatic heterocycles. The van der Waals surface area contributed by atoms with E-state index in [1.165, 1.54) is 10.5 Å². The summed E-state index contributed by atoms with van der Waals surface area (Å²) in [6, 6.07) is 3.61. The Morgan fingerprint density at radius 3 is 2.62 bits per heavy atom. The highest BCUT2D eigenvalue weighted by molar-refractivity contribution is 5.87. The fourth-order valence-corrected chi connectivity index (χ4v) is 7.05. The van der Waals surface area contributed by atoms with Gasteiger partial charge in [0, 0.05) is 35.0 Å². The van der Waals surface area contributed by atoms with Crippen molar-refractivity contribution in [3.05, 3.63) is 35.4 Å². The van der Waals surface area contributed by atoms with Crippen LogP contribution in [0, 0.1) is 5.92 Å². The van der Waals surface area contributed by atoms with Crippen LogP contribution in [0.2, 0.25) is 0 Å². The molecule has 2 saturated heterocycles. The number of aliphatic hydroxyl groups excluding tert-OH is 1. The Kier molecular flexibility index (Phi) is 9.17. The first-order valence-electron chi connectivity index (χ1n) is 13.1. The number of carbonyl (C=O) groups is 2. The maximum Gasteiger partial charge on any atom is 0.416 e. The number of carbonyl (C=O) groups excluding carboxylic acids is 2. The summed E-state index contributed by atoms with van der Waals surface area (Å²) in [5, 5.41) is 10.9. The lowest BCUT2D eigenvalue weighted by molar-refractivity contribution is -0.126. The summed E-state index contributed by atoms with van der Waals surface area (Å²) in [6.07, 6.45) is 5.45. The minimum absolute atomic E-state index is 0. The first-order chi connectivity index (χ1) is 17.1. The number of hydrogen-bond acceptors (Lipinski definition) is 7. The average molecular weight is 606 g/mol. The monoisotopic (exact) mass is 604 g/mol. The molecule has 2 unspecified atom stereocenters. The fourth-order valence-electron chi connectivity index (χ4n) is 7.05. The molecule has 6 atom stereocenters. The number of rotatable bonds is 3. The van der Waals surface area contributed by atoms with Crippen LogP contribution in [-0.4, -0.2) is 76.9 Å². The van der Waals surface area contributed by atoms with Gasteiger partial charge in [-0.25, -0.2) is 10.2 Å². The number of ether oxygens (including phenoxy) is 2. The highest BCUT2D eigenvalue weighted by Crippen LogP contribution is 2.62. The number of piperidine rings is 1. The Bertz CT molecular complexity index is 1150. The lowest BCUT2D eigenvalue weighted by Crippen LogP contribution is -2.64. The van der Waals surface area contributed by atoms with Gasteiger partial charge in [0.05, 0.1) is 0 Å². The van der Waals surface area contributed by atoms with Gasteiger partial charge < -0.3 is 19.5 Å². The molecule has 2 bridgehead atoms. The number of hydrogen-bond donors (Lipinski definition) is 3. The second-order valence-electron chi connectivity index (χ2n) is 12.0. The van der Waals surface area contributed by atoms with E-state index in [4.69, 9.17) is 9.47 Å². The van der Waals surface area contributed by atoms with E-state index < -0.39 is 24.3 Å². The first kappa shape index (κ1) is 31.8. The molecule has 9 nitrogen and oxygen atoms in total. The predicted octanol–water partition coefficient (Wildman–Crippen LogP) is 3.14. The molecule has 1 spiro atoms. The van der Waals surface area contributed by atoms with Gasteiger partial charge in [0.15, 0.2) is 11.5 Å². The van der Waals surface area contributed by atoms with E-state index in [1.54, 1.807) is 0 Å². The molecule has 2 aliphatic carbocycles. The van der Waals surface area contributed by atoms with Gasteiger partial charge in [-0.2, -0.15) is 0 Å². The van der Waals surface area contributed by atoms with Gasteiger partial charge in [-0.3, -0.25) is 15.1 Å². The number of hydrazine groups is 1. The number of nitrogens with zero attached hydrogens (tertiary/aromatic N) is 2. The van der Waals surface area contributed by atoms with E-state index in [1.807, 2.05) is 39.0 Å². The van der Waals surface area contributed by atoms with Crippen molar-refractivity contribution in [2.75, 3.05) is 20.1 Å². The average Bonchev–Trinajstić information content (AvgIpc) is 3.45. The number of amides is 2. The smallest absolute Gasteiger partial charge is 0.416 e. The number of likely N-dealkylation sites (N-methyl/N-ethyl adjacent to an activating group) is 1. The number of benzene rings is 1. The number of nitrogens with one attached hydrogen (secondary N) is 2. The molecule has 3 heterocycles. The van der Waals surface area contributed by atoms with Gasteiger partial charge in [0.1, 0.15) is 18.2 Å². The molecule has 3 N–H and O–H groups in total. The molecule has 1 aromatic carbocycles. The Morgan fingerprint density at radius 2 is 1.90 bits per heavy atom. The normalized spacial score (nSPS) is 31.6. The second kappa shape index (κ2) is 11.3. The van der Waals surface area contributed by atoms with E-state index in [0.717, 1.165) is 31.4 Å². The summed E-state index contributed by atoms with van der Waals surface area (Å²) < 4.78 is 12.4. The van der Waals surface area contributed by atoms with Crippen LogP contribution in [0.1, 0.15) is 51.2 Å². The van der Waals surface area contributed by atoms with Crippen LogP contribution in [0.15, 0.2) is 24.3 Å². The maximum atomic E-state index is 13.3. The molecule has 5 aliphatic rings. The lowest BCUT2D eigenvalue weighted by atomic mass is 9.53. The molecule has 1 aromatic rings. The van der Waals surface area contributed by atoms with Crippen molar-refractivity contribution in [2.45, 2.75) is 81.7 Å². The van der Waals surface area contributed by atoms with Crippen molar-refractivity contribution in [2.24, 2.45) is 5.92 Å². The van der Waals surface area contributed by atoms with Crippen LogP contribution in [-0.2, 0) is 16.6 Å². The Balaban J connectivity index is 0.00000140. The van der Waals surface area contributed by atoms with Crippen molar-refractivity contribution >= 4 is 49.2 Å². The predicted molar refractivity (Wildman–Crippen MR) is 154 cm³/mol. The van der Waals surface area contributed by atoms with E-state index in [9.17, 15) is 14.7 Å². The van der Waals surface area contributed by atoms with E-state index in [-0.39, 0.29) is 60.0 Å². The van der Waals surface area contributed by atoms with E-state index >= 15 is 0 Å². The zero-order valence-electron chi connectivity index (χ0n) is 22.6. The highest BCUT2D eigenvalue weighted by Gasteiger charge is 2.64.